The van der Waals surface area contributed by atoms with Gasteiger partial charge in [0, 0.05) is 37.6 Å². The number of nitrogens with one attached hydrogen (secondary N) is 1. The lowest BCUT2D eigenvalue weighted by Gasteiger charge is -2.36. The van der Waals surface area contributed by atoms with E-state index in [9.17, 15) is 4.79 Å². The number of aromatic nitrogens is 2. The van der Waals surface area contributed by atoms with Crippen LogP contribution < -0.4 is 16.0 Å². The highest BCUT2D eigenvalue weighted by atomic mass is 16.1. The van der Waals surface area contributed by atoms with E-state index in [4.69, 9.17) is 5.73 Å². The smallest absolute Gasteiger partial charge is 0.271 e. The summed E-state index contributed by atoms with van der Waals surface area (Å²) in [5.41, 5.74) is 5.63. The monoisotopic (exact) mass is 261 g/mol. The van der Waals surface area contributed by atoms with Crippen LogP contribution in [0.3, 0.4) is 0 Å². The van der Waals surface area contributed by atoms with Crippen molar-refractivity contribution in [2.45, 2.75) is 43.8 Å². The second-order valence-electron chi connectivity index (χ2n) is 5.47. The molecule has 2 atom stereocenters. The maximum absolute atomic E-state index is 11.4. The van der Waals surface area contributed by atoms with Gasteiger partial charge in [-0.2, -0.15) is 0 Å². The first-order chi connectivity index (χ1) is 9.15. The molecule has 0 aromatic carbocycles. The molecule has 2 unspecified atom stereocenters. The van der Waals surface area contributed by atoms with Crippen LogP contribution in [0.2, 0.25) is 0 Å². The molecule has 2 fully saturated rings. The predicted octanol–water partition coefficient (Wildman–Crippen LogP) is 0.295. The molecular weight excluding hydrogens is 242 g/mol. The maximum atomic E-state index is 11.4. The van der Waals surface area contributed by atoms with Crippen LogP contribution in [0.1, 0.15) is 36.2 Å². The molecule has 0 spiro atoms. The van der Waals surface area contributed by atoms with Crippen LogP contribution in [0, 0.1) is 0 Å². The third-order valence-corrected chi connectivity index (χ3v) is 4.24. The van der Waals surface area contributed by atoms with Crippen LogP contribution in [-0.2, 0) is 0 Å². The second kappa shape index (κ2) is 4.77. The predicted molar refractivity (Wildman–Crippen MR) is 71.9 cm³/mol. The van der Waals surface area contributed by atoms with Crippen LogP contribution in [0.4, 0.5) is 5.82 Å². The minimum Gasteiger partial charge on any atom is -0.364 e. The standard InChI is InChI=1S/C13H19N5O/c1-18(10-6-8-2-3-9(7-10)17-8)13-11(12(14)19)15-4-5-16-13/h4-5,8-10,17H,2-3,6-7H2,1H3,(H2,14,19). The van der Waals surface area contributed by atoms with E-state index in [1.807, 2.05) is 7.05 Å². The summed E-state index contributed by atoms with van der Waals surface area (Å²) in [7, 11) is 1.98. The molecule has 3 N–H and O–H groups in total. The van der Waals surface area contributed by atoms with E-state index in [1.54, 1.807) is 6.20 Å². The number of fused-ring (bicyclic) bond motifs is 2. The fourth-order valence-corrected chi connectivity index (χ4v) is 3.28. The Morgan fingerprint density at radius 2 is 1.95 bits per heavy atom. The third kappa shape index (κ3) is 2.28. The van der Waals surface area contributed by atoms with E-state index in [2.05, 4.69) is 20.2 Å². The van der Waals surface area contributed by atoms with Crippen molar-refractivity contribution in [1.82, 2.24) is 15.3 Å². The number of carbonyl (C=O) groups is 1. The second-order valence-corrected chi connectivity index (χ2v) is 5.47. The van der Waals surface area contributed by atoms with Gasteiger partial charge in [0.05, 0.1) is 0 Å². The van der Waals surface area contributed by atoms with Crippen molar-refractivity contribution in [2.75, 3.05) is 11.9 Å². The van der Waals surface area contributed by atoms with Gasteiger partial charge in [-0.1, -0.05) is 0 Å². The molecule has 2 aliphatic heterocycles. The Morgan fingerprint density at radius 1 is 1.32 bits per heavy atom. The number of piperidine rings is 1. The quantitative estimate of drug-likeness (QED) is 0.817. The summed E-state index contributed by atoms with van der Waals surface area (Å²) >= 11 is 0. The minimum absolute atomic E-state index is 0.260. The number of hydrogen-bond acceptors (Lipinski definition) is 5. The summed E-state index contributed by atoms with van der Waals surface area (Å²) in [6.07, 6.45) is 7.78. The summed E-state index contributed by atoms with van der Waals surface area (Å²) in [6.45, 7) is 0. The molecule has 2 aliphatic rings. The summed E-state index contributed by atoms with van der Waals surface area (Å²) in [4.78, 5) is 21.8. The number of hydrogen-bond donors (Lipinski definition) is 2. The molecule has 0 aliphatic carbocycles. The number of nitrogens with zero attached hydrogens (tertiary/aromatic N) is 3. The molecule has 1 amide bonds. The Hall–Kier alpha value is -1.69. The zero-order valence-corrected chi connectivity index (χ0v) is 11.0. The zero-order chi connectivity index (χ0) is 13.4. The van der Waals surface area contributed by atoms with Crippen molar-refractivity contribution in [3.8, 4) is 0 Å². The first-order valence-electron chi connectivity index (χ1n) is 6.75. The lowest BCUT2D eigenvalue weighted by Crippen LogP contribution is -2.47. The molecule has 102 valence electrons. The summed E-state index contributed by atoms with van der Waals surface area (Å²) in [5, 5.41) is 3.61. The van der Waals surface area contributed by atoms with Crippen LogP contribution in [0.25, 0.3) is 0 Å². The highest BCUT2D eigenvalue weighted by Crippen LogP contribution is 2.31. The fraction of sp³-hybridized carbons (Fsp3) is 0.615. The van der Waals surface area contributed by atoms with Crippen molar-refractivity contribution in [3.63, 3.8) is 0 Å². The topological polar surface area (TPSA) is 84.1 Å². The Labute approximate surface area is 112 Å². The maximum Gasteiger partial charge on any atom is 0.271 e. The lowest BCUT2D eigenvalue weighted by molar-refractivity contribution is 0.0995. The van der Waals surface area contributed by atoms with E-state index < -0.39 is 5.91 Å². The van der Waals surface area contributed by atoms with Crippen molar-refractivity contribution < 1.29 is 4.79 Å². The van der Waals surface area contributed by atoms with Gasteiger partial charge in [0.15, 0.2) is 11.5 Å². The van der Waals surface area contributed by atoms with Gasteiger partial charge in [-0.3, -0.25) is 4.79 Å². The molecule has 3 heterocycles. The summed E-state index contributed by atoms with van der Waals surface area (Å²) < 4.78 is 0. The summed E-state index contributed by atoms with van der Waals surface area (Å²) in [6, 6.07) is 1.59. The van der Waals surface area contributed by atoms with Crippen molar-refractivity contribution in [3.05, 3.63) is 18.1 Å². The van der Waals surface area contributed by atoms with Gasteiger partial charge < -0.3 is 16.0 Å². The van der Waals surface area contributed by atoms with Crippen molar-refractivity contribution >= 4 is 11.7 Å². The molecule has 6 heteroatoms. The van der Waals surface area contributed by atoms with E-state index in [1.165, 1.54) is 19.0 Å². The molecule has 1 aromatic heterocycles. The highest BCUT2D eigenvalue weighted by Gasteiger charge is 2.36. The number of anilines is 1. The molecular formula is C13H19N5O. The first-order valence-corrected chi connectivity index (χ1v) is 6.75. The van der Waals surface area contributed by atoms with E-state index in [0.717, 1.165) is 12.8 Å². The lowest BCUT2D eigenvalue weighted by atomic mass is 9.98. The van der Waals surface area contributed by atoms with Gasteiger partial charge in [0.25, 0.3) is 5.91 Å². The minimum atomic E-state index is -0.521. The van der Waals surface area contributed by atoms with E-state index in [0.29, 0.717) is 23.9 Å². The van der Waals surface area contributed by atoms with Crippen LogP contribution in [-0.4, -0.2) is 41.0 Å². The molecule has 0 saturated carbocycles. The average Bonchev–Trinajstić information content (AvgIpc) is 2.76. The van der Waals surface area contributed by atoms with Crippen molar-refractivity contribution in [2.24, 2.45) is 5.73 Å². The first kappa shape index (κ1) is 12.3. The normalized spacial score (nSPS) is 29.2. The molecule has 1 aromatic rings. The van der Waals surface area contributed by atoms with E-state index in [-0.39, 0.29) is 5.69 Å². The summed E-state index contributed by atoms with van der Waals surface area (Å²) in [5.74, 6) is 0.0770. The van der Waals surface area contributed by atoms with Crippen molar-refractivity contribution in [1.29, 1.82) is 0 Å². The number of amides is 1. The van der Waals surface area contributed by atoms with Gasteiger partial charge in [-0.05, 0) is 25.7 Å². The third-order valence-electron chi connectivity index (χ3n) is 4.24. The zero-order valence-electron chi connectivity index (χ0n) is 11.0. The van der Waals surface area contributed by atoms with Gasteiger partial charge in [-0.25, -0.2) is 9.97 Å². The molecule has 2 bridgehead atoms. The molecule has 6 nitrogen and oxygen atoms in total. The van der Waals surface area contributed by atoms with Gasteiger partial charge in [-0.15, -0.1) is 0 Å². The number of carbonyl (C=O) groups excluding carboxylic acids is 1. The fourth-order valence-electron chi connectivity index (χ4n) is 3.28. The Balaban J connectivity index is 1.84. The Bertz CT molecular complexity index is 480. The average molecular weight is 261 g/mol. The van der Waals surface area contributed by atoms with Gasteiger partial charge >= 0.3 is 0 Å². The molecule has 0 radical (unpaired) electrons. The van der Waals surface area contributed by atoms with E-state index >= 15 is 0 Å². The molecule has 19 heavy (non-hydrogen) atoms. The Morgan fingerprint density at radius 3 is 2.58 bits per heavy atom. The van der Waals surface area contributed by atoms with Crippen LogP contribution in [0.5, 0.6) is 0 Å². The largest absolute Gasteiger partial charge is 0.364 e. The number of nitrogens with two attached hydrogens (primary N) is 1. The highest BCUT2D eigenvalue weighted by molar-refractivity contribution is 5.95. The van der Waals surface area contributed by atoms with Gasteiger partial charge in [0.1, 0.15) is 0 Å². The Kier molecular flexibility index (Phi) is 3.10. The number of primary amides is 1. The number of rotatable bonds is 3. The SMILES string of the molecule is CN(c1nccnc1C(N)=O)C1CC2CCC(C1)N2. The molecule has 2 saturated heterocycles. The molecule has 3 rings (SSSR count). The van der Waals surface area contributed by atoms with Crippen LogP contribution in [0.15, 0.2) is 12.4 Å². The van der Waals surface area contributed by atoms with Crippen LogP contribution >= 0.6 is 0 Å². The van der Waals surface area contributed by atoms with Gasteiger partial charge in [0.2, 0.25) is 0 Å².